The number of amides is 2. The van der Waals surface area contributed by atoms with Gasteiger partial charge >= 0.3 is 6.03 Å². The van der Waals surface area contributed by atoms with E-state index in [4.69, 9.17) is 0 Å². The fourth-order valence-electron chi connectivity index (χ4n) is 3.47. The van der Waals surface area contributed by atoms with Gasteiger partial charge in [0.1, 0.15) is 0 Å². The van der Waals surface area contributed by atoms with Gasteiger partial charge in [0.2, 0.25) is 0 Å². The van der Waals surface area contributed by atoms with Gasteiger partial charge < -0.3 is 10.6 Å². The highest BCUT2D eigenvalue weighted by atomic mass is 16.2. The van der Waals surface area contributed by atoms with Crippen molar-refractivity contribution in [3.05, 3.63) is 53.3 Å². The second kappa shape index (κ2) is 7.51. The van der Waals surface area contributed by atoms with Gasteiger partial charge in [-0.3, -0.25) is 4.68 Å². The zero-order chi connectivity index (χ0) is 16.9. The lowest BCUT2D eigenvalue weighted by atomic mass is 9.98. The first-order valence-corrected chi connectivity index (χ1v) is 8.67. The van der Waals surface area contributed by atoms with E-state index in [0.717, 1.165) is 30.5 Å². The summed E-state index contributed by atoms with van der Waals surface area (Å²) in [6, 6.07) is 10.8. The number of aryl methyl sites for hydroxylation is 1. The smallest absolute Gasteiger partial charge is 0.315 e. The Morgan fingerprint density at radius 3 is 2.79 bits per heavy atom. The van der Waals surface area contributed by atoms with Gasteiger partial charge in [-0.05, 0) is 44.1 Å². The lowest BCUT2D eigenvalue weighted by Gasteiger charge is -2.14. The zero-order valence-electron chi connectivity index (χ0n) is 14.5. The average Bonchev–Trinajstić information content (AvgIpc) is 3.14. The third-order valence-electron chi connectivity index (χ3n) is 5.02. The zero-order valence-corrected chi connectivity index (χ0v) is 14.5. The number of nitrogens with zero attached hydrogens (tertiary/aromatic N) is 2. The molecule has 128 valence electrons. The number of hydrogen-bond donors (Lipinski definition) is 2. The Balaban J connectivity index is 1.42. The molecule has 1 aromatic heterocycles. The summed E-state index contributed by atoms with van der Waals surface area (Å²) >= 11 is 0. The monoisotopic (exact) mass is 326 g/mol. The van der Waals surface area contributed by atoms with Crippen LogP contribution in [0.3, 0.4) is 0 Å². The predicted molar refractivity (Wildman–Crippen MR) is 94.6 cm³/mol. The highest BCUT2D eigenvalue weighted by molar-refractivity contribution is 5.74. The predicted octanol–water partition coefficient (Wildman–Crippen LogP) is 2.94. The van der Waals surface area contributed by atoms with E-state index in [1.54, 1.807) is 6.20 Å². The first-order valence-electron chi connectivity index (χ1n) is 8.67. The van der Waals surface area contributed by atoms with E-state index < -0.39 is 0 Å². The molecule has 0 unspecified atom stereocenters. The summed E-state index contributed by atoms with van der Waals surface area (Å²) < 4.78 is 1.82. The van der Waals surface area contributed by atoms with Gasteiger partial charge in [-0.15, -0.1) is 0 Å². The molecule has 2 N–H and O–H groups in total. The SMILES string of the molecule is Cc1c(CNC(=O)N[C@H]2CC[C@@H](Cc3ccccc3)C2)cnn1C. The molecule has 0 radical (unpaired) electrons. The van der Waals surface area contributed by atoms with Crippen LogP contribution in [0.1, 0.15) is 36.1 Å². The van der Waals surface area contributed by atoms with Crippen LogP contribution in [-0.4, -0.2) is 21.9 Å². The normalized spacial score (nSPS) is 20.1. The Kier molecular flexibility index (Phi) is 5.18. The summed E-state index contributed by atoms with van der Waals surface area (Å²) in [6.45, 7) is 2.53. The lowest BCUT2D eigenvalue weighted by Crippen LogP contribution is -2.40. The summed E-state index contributed by atoms with van der Waals surface area (Å²) in [5.41, 5.74) is 3.53. The van der Waals surface area contributed by atoms with Crippen molar-refractivity contribution in [3.8, 4) is 0 Å². The van der Waals surface area contributed by atoms with Crippen molar-refractivity contribution < 1.29 is 4.79 Å². The van der Waals surface area contributed by atoms with Crippen molar-refractivity contribution in [1.29, 1.82) is 0 Å². The molecule has 0 spiro atoms. The molecule has 0 bridgehead atoms. The van der Waals surface area contributed by atoms with Gasteiger partial charge in [0.05, 0.1) is 6.20 Å². The van der Waals surface area contributed by atoms with Gasteiger partial charge in [0, 0.05) is 30.9 Å². The van der Waals surface area contributed by atoms with E-state index in [1.807, 2.05) is 18.7 Å². The molecule has 1 saturated carbocycles. The summed E-state index contributed by atoms with van der Waals surface area (Å²) in [6.07, 6.45) is 6.23. The molecule has 5 nitrogen and oxygen atoms in total. The summed E-state index contributed by atoms with van der Waals surface area (Å²) in [5.74, 6) is 0.665. The minimum absolute atomic E-state index is 0.0800. The van der Waals surface area contributed by atoms with E-state index in [1.165, 1.54) is 12.0 Å². The van der Waals surface area contributed by atoms with Crippen molar-refractivity contribution in [3.63, 3.8) is 0 Å². The largest absolute Gasteiger partial charge is 0.335 e. The third kappa shape index (κ3) is 4.16. The molecule has 2 amide bonds. The quantitative estimate of drug-likeness (QED) is 0.887. The number of hydrogen-bond acceptors (Lipinski definition) is 2. The van der Waals surface area contributed by atoms with Crippen LogP contribution < -0.4 is 10.6 Å². The molecule has 2 atom stereocenters. The third-order valence-corrected chi connectivity index (χ3v) is 5.02. The van der Waals surface area contributed by atoms with Crippen molar-refractivity contribution in [1.82, 2.24) is 20.4 Å². The van der Waals surface area contributed by atoms with Crippen LogP contribution in [0.5, 0.6) is 0 Å². The van der Waals surface area contributed by atoms with E-state index >= 15 is 0 Å². The van der Waals surface area contributed by atoms with Gasteiger partial charge in [0.15, 0.2) is 0 Å². The first kappa shape index (κ1) is 16.6. The number of rotatable bonds is 5. The molecule has 1 fully saturated rings. The van der Waals surface area contributed by atoms with Gasteiger partial charge in [-0.2, -0.15) is 5.10 Å². The maximum absolute atomic E-state index is 12.1. The Hall–Kier alpha value is -2.30. The summed E-state index contributed by atoms with van der Waals surface area (Å²) in [7, 11) is 1.91. The highest BCUT2D eigenvalue weighted by Crippen LogP contribution is 2.28. The number of aromatic nitrogens is 2. The summed E-state index contributed by atoms with van der Waals surface area (Å²) in [4.78, 5) is 12.1. The molecule has 2 aromatic rings. The Morgan fingerprint density at radius 2 is 2.08 bits per heavy atom. The summed E-state index contributed by atoms with van der Waals surface area (Å²) in [5, 5.41) is 10.2. The van der Waals surface area contributed by atoms with Crippen LogP contribution in [0.4, 0.5) is 4.79 Å². The maximum atomic E-state index is 12.1. The van der Waals surface area contributed by atoms with E-state index in [2.05, 4.69) is 46.1 Å². The molecule has 24 heavy (non-hydrogen) atoms. The highest BCUT2D eigenvalue weighted by Gasteiger charge is 2.25. The number of carbonyl (C=O) groups excluding carboxylic acids is 1. The number of nitrogens with one attached hydrogen (secondary N) is 2. The minimum Gasteiger partial charge on any atom is -0.335 e. The topological polar surface area (TPSA) is 59.0 Å². The molecule has 0 aliphatic heterocycles. The lowest BCUT2D eigenvalue weighted by molar-refractivity contribution is 0.236. The number of benzene rings is 1. The van der Waals surface area contributed by atoms with Crippen LogP contribution in [-0.2, 0) is 20.0 Å². The van der Waals surface area contributed by atoms with E-state index in [9.17, 15) is 4.79 Å². The van der Waals surface area contributed by atoms with Gasteiger partial charge in [-0.25, -0.2) is 4.79 Å². The molecule has 0 saturated heterocycles. The molecule has 3 rings (SSSR count). The standard InChI is InChI=1S/C19H26N4O/c1-14-17(13-21-23(14)2)12-20-19(24)22-18-9-8-16(11-18)10-15-6-4-3-5-7-15/h3-7,13,16,18H,8-12H2,1-2H3,(H2,20,22,24)/t16-,18-/m0/s1. The molecule has 1 heterocycles. The van der Waals surface area contributed by atoms with E-state index in [0.29, 0.717) is 12.5 Å². The van der Waals surface area contributed by atoms with Crippen LogP contribution in [0.25, 0.3) is 0 Å². The molecule has 1 aliphatic carbocycles. The Labute approximate surface area is 143 Å². The van der Waals surface area contributed by atoms with Crippen LogP contribution in [0, 0.1) is 12.8 Å². The number of urea groups is 1. The molecule has 5 heteroatoms. The van der Waals surface area contributed by atoms with Crippen molar-refractivity contribution in [2.75, 3.05) is 0 Å². The van der Waals surface area contributed by atoms with Gasteiger partial charge in [0.25, 0.3) is 0 Å². The van der Waals surface area contributed by atoms with Crippen LogP contribution in [0.2, 0.25) is 0 Å². The fraction of sp³-hybridized carbons (Fsp3) is 0.474. The molecule has 1 aromatic carbocycles. The fourth-order valence-corrected chi connectivity index (χ4v) is 3.47. The van der Waals surface area contributed by atoms with Crippen LogP contribution >= 0.6 is 0 Å². The number of carbonyl (C=O) groups is 1. The average molecular weight is 326 g/mol. The second-order valence-corrected chi connectivity index (χ2v) is 6.77. The van der Waals surface area contributed by atoms with Crippen LogP contribution in [0.15, 0.2) is 36.5 Å². The van der Waals surface area contributed by atoms with Crippen molar-refractivity contribution in [2.45, 2.75) is 45.2 Å². The Bertz CT molecular complexity index is 680. The second-order valence-electron chi connectivity index (χ2n) is 6.77. The first-order chi connectivity index (χ1) is 11.6. The van der Waals surface area contributed by atoms with Crippen molar-refractivity contribution in [2.24, 2.45) is 13.0 Å². The molecule has 1 aliphatic rings. The van der Waals surface area contributed by atoms with E-state index in [-0.39, 0.29) is 12.1 Å². The minimum atomic E-state index is -0.0800. The molecular weight excluding hydrogens is 300 g/mol. The van der Waals surface area contributed by atoms with Gasteiger partial charge in [-0.1, -0.05) is 30.3 Å². The maximum Gasteiger partial charge on any atom is 0.315 e. The van der Waals surface area contributed by atoms with Crippen molar-refractivity contribution >= 4 is 6.03 Å². The molecular formula is C19H26N4O. The Morgan fingerprint density at radius 1 is 1.29 bits per heavy atom.